The first kappa shape index (κ1) is 13.4. The zero-order valence-corrected chi connectivity index (χ0v) is 12.1. The minimum atomic E-state index is 0.304. The average molecular weight is 246 g/mol. The van der Waals surface area contributed by atoms with E-state index < -0.39 is 0 Å². The maximum Gasteiger partial charge on any atom is 0.0366 e. The normalized spacial score (nSPS) is 26.3. The molecule has 1 aromatic rings. The van der Waals surface area contributed by atoms with E-state index in [-0.39, 0.29) is 0 Å². The summed E-state index contributed by atoms with van der Waals surface area (Å²) in [6.07, 6.45) is 2.50. The van der Waals surface area contributed by atoms with Crippen molar-refractivity contribution in [2.75, 3.05) is 18.5 Å². The highest BCUT2D eigenvalue weighted by atomic mass is 15.1. The zero-order valence-electron chi connectivity index (χ0n) is 12.1. The summed E-state index contributed by atoms with van der Waals surface area (Å²) in [6, 6.07) is 9.01. The molecule has 1 saturated carbocycles. The van der Waals surface area contributed by atoms with E-state index in [4.69, 9.17) is 5.73 Å². The molecule has 0 spiro atoms. The number of benzene rings is 1. The lowest BCUT2D eigenvalue weighted by atomic mass is 9.85. The summed E-state index contributed by atoms with van der Waals surface area (Å²) in [7, 11) is 2.17. The maximum absolute atomic E-state index is 6.39. The lowest BCUT2D eigenvalue weighted by Gasteiger charge is -2.30. The number of hydrogen-bond donors (Lipinski definition) is 1. The van der Waals surface area contributed by atoms with Crippen molar-refractivity contribution in [2.45, 2.75) is 39.7 Å². The van der Waals surface area contributed by atoms with Gasteiger partial charge >= 0.3 is 0 Å². The van der Waals surface area contributed by atoms with Crippen molar-refractivity contribution in [3.8, 4) is 0 Å². The molecule has 100 valence electrons. The molecule has 2 atom stereocenters. The van der Waals surface area contributed by atoms with Crippen molar-refractivity contribution in [1.82, 2.24) is 0 Å². The summed E-state index contributed by atoms with van der Waals surface area (Å²) in [5, 5.41) is 0. The molecule has 2 N–H and O–H groups in total. The highest BCUT2D eigenvalue weighted by Crippen LogP contribution is 2.40. The van der Waals surface area contributed by atoms with Crippen molar-refractivity contribution < 1.29 is 0 Å². The van der Waals surface area contributed by atoms with Gasteiger partial charge in [0.25, 0.3) is 0 Å². The quantitative estimate of drug-likeness (QED) is 0.887. The molecule has 18 heavy (non-hydrogen) atoms. The van der Waals surface area contributed by atoms with E-state index in [0.717, 1.165) is 6.54 Å². The van der Waals surface area contributed by atoms with Gasteiger partial charge in [-0.3, -0.25) is 0 Å². The van der Waals surface area contributed by atoms with Crippen molar-refractivity contribution >= 4 is 5.69 Å². The molecule has 1 fully saturated rings. The number of anilines is 1. The van der Waals surface area contributed by atoms with Crippen LogP contribution in [0.1, 0.15) is 32.3 Å². The minimum absolute atomic E-state index is 0.304. The smallest absolute Gasteiger partial charge is 0.0366 e. The number of nitrogens with zero attached hydrogens (tertiary/aromatic N) is 1. The molecule has 1 aliphatic carbocycles. The molecule has 0 heterocycles. The van der Waals surface area contributed by atoms with Crippen LogP contribution in [0.2, 0.25) is 0 Å². The van der Waals surface area contributed by atoms with Gasteiger partial charge in [0.05, 0.1) is 0 Å². The van der Waals surface area contributed by atoms with Gasteiger partial charge in [-0.2, -0.15) is 0 Å². The molecule has 0 saturated heterocycles. The molecule has 1 aliphatic rings. The molecular weight excluding hydrogens is 220 g/mol. The van der Waals surface area contributed by atoms with Gasteiger partial charge in [-0.05, 0) is 48.8 Å². The number of rotatable bonds is 3. The SMILES string of the molecule is Cc1cccc(N(C)CC2CCC(C)(C)C2N)c1. The predicted octanol–water partition coefficient (Wildman–Crippen LogP) is 3.19. The van der Waals surface area contributed by atoms with Gasteiger partial charge in [0.15, 0.2) is 0 Å². The lowest BCUT2D eigenvalue weighted by molar-refractivity contribution is 0.301. The molecule has 2 heteroatoms. The van der Waals surface area contributed by atoms with Crippen LogP contribution in [0.5, 0.6) is 0 Å². The Balaban J connectivity index is 2.02. The lowest BCUT2D eigenvalue weighted by Crippen LogP contribution is -2.41. The Labute approximate surface area is 111 Å². The summed E-state index contributed by atoms with van der Waals surface area (Å²) in [6.45, 7) is 7.80. The fourth-order valence-corrected chi connectivity index (χ4v) is 3.07. The Hall–Kier alpha value is -1.02. The first-order chi connectivity index (χ1) is 8.40. The van der Waals surface area contributed by atoms with Crippen molar-refractivity contribution in [1.29, 1.82) is 0 Å². The monoisotopic (exact) mass is 246 g/mol. The van der Waals surface area contributed by atoms with Gasteiger partial charge in [-0.25, -0.2) is 0 Å². The van der Waals surface area contributed by atoms with Gasteiger partial charge in [-0.15, -0.1) is 0 Å². The summed E-state index contributed by atoms with van der Waals surface area (Å²) in [5.74, 6) is 0.616. The summed E-state index contributed by atoms with van der Waals surface area (Å²) < 4.78 is 0. The van der Waals surface area contributed by atoms with E-state index >= 15 is 0 Å². The molecule has 1 aromatic carbocycles. The first-order valence-corrected chi connectivity index (χ1v) is 6.93. The molecular formula is C16H26N2. The van der Waals surface area contributed by atoms with Gasteiger partial charge in [0.1, 0.15) is 0 Å². The van der Waals surface area contributed by atoms with Crippen LogP contribution in [0, 0.1) is 18.3 Å². The molecule has 0 amide bonds. The fraction of sp³-hybridized carbons (Fsp3) is 0.625. The highest BCUT2D eigenvalue weighted by Gasteiger charge is 2.39. The third kappa shape index (κ3) is 2.69. The van der Waals surface area contributed by atoms with E-state index in [9.17, 15) is 0 Å². The first-order valence-electron chi connectivity index (χ1n) is 6.93. The van der Waals surface area contributed by atoms with Gasteiger partial charge < -0.3 is 10.6 Å². The topological polar surface area (TPSA) is 29.3 Å². The minimum Gasteiger partial charge on any atom is -0.374 e. The van der Waals surface area contributed by atoms with Gasteiger partial charge in [0.2, 0.25) is 0 Å². The summed E-state index contributed by atoms with van der Waals surface area (Å²) in [5.41, 5.74) is 9.30. The van der Waals surface area contributed by atoms with Crippen LogP contribution in [0.4, 0.5) is 5.69 Å². The maximum atomic E-state index is 6.39. The fourth-order valence-electron chi connectivity index (χ4n) is 3.07. The Morgan fingerprint density at radius 3 is 2.67 bits per heavy atom. The number of hydrogen-bond acceptors (Lipinski definition) is 2. The van der Waals surface area contributed by atoms with Crippen LogP contribution >= 0.6 is 0 Å². The second-order valence-corrected chi connectivity index (χ2v) is 6.53. The predicted molar refractivity (Wildman–Crippen MR) is 78.9 cm³/mol. The van der Waals surface area contributed by atoms with Crippen LogP contribution < -0.4 is 10.6 Å². The Morgan fingerprint density at radius 2 is 2.11 bits per heavy atom. The molecule has 0 aromatic heterocycles. The van der Waals surface area contributed by atoms with Crippen LogP contribution in [-0.2, 0) is 0 Å². The van der Waals surface area contributed by atoms with Crippen molar-refractivity contribution in [3.05, 3.63) is 29.8 Å². The van der Waals surface area contributed by atoms with E-state index in [1.807, 2.05) is 0 Å². The third-order valence-corrected chi connectivity index (χ3v) is 4.52. The average Bonchev–Trinajstić information content (AvgIpc) is 2.56. The van der Waals surface area contributed by atoms with Crippen LogP contribution in [0.15, 0.2) is 24.3 Å². The van der Waals surface area contributed by atoms with Crippen LogP contribution in [0.3, 0.4) is 0 Å². The molecule has 2 nitrogen and oxygen atoms in total. The zero-order chi connectivity index (χ0) is 13.3. The Kier molecular flexibility index (Phi) is 3.67. The second kappa shape index (κ2) is 4.93. The molecule has 0 aliphatic heterocycles. The summed E-state index contributed by atoms with van der Waals surface area (Å²) >= 11 is 0. The molecule has 2 rings (SSSR count). The molecule has 0 bridgehead atoms. The largest absolute Gasteiger partial charge is 0.374 e. The van der Waals surface area contributed by atoms with Crippen LogP contribution in [-0.4, -0.2) is 19.6 Å². The Bertz CT molecular complexity index is 411. The van der Waals surface area contributed by atoms with E-state index in [1.54, 1.807) is 0 Å². The van der Waals surface area contributed by atoms with Crippen molar-refractivity contribution in [3.63, 3.8) is 0 Å². The van der Waals surface area contributed by atoms with Crippen molar-refractivity contribution in [2.24, 2.45) is 17.1 Å². The summed E-state index contributed by atoms with van der Waals surface area (Å²) in [4.78, 5) is 2.35. The number of aryl methyl sites for hydroxylation is 1. The van der Waals surface area contributed by atoms with E-state index in [0.29, 0.717) is 17.4 Å². The standard InChI is InChI=1S/C16H26N2/c1-12-6-5-7-14(10-12)18(4)11-13-8-9-16(2,3)15(13)17/h5-7,10,13,15H,8-9,11,17H2,1-4H3. The molecule has 2 unspecified atom stereocenters. The van der Waals surface area contributed by atoms with E-state index in [1.165, 1.54) is 24.1 Å². The van der Waals surface area contributed by atoms with Crippen LogP contribution in [0.25, 0.3) is 0 Å². The second-order valence-electron chi connectivity index (χ2n) is 6.53. The third-order valence-electron chi connectivity index (χ3n) is 4.52. The molecule has 0 radical (unpaired) electrons. The van der Waals surface area contributed by atoms with E-state index in [2.05, 4.69) is 57.0 Å². The van der Waals surface area contributed by atoms with Gasteiger partial charge in [0, 0.05) is 25.3 Å². The Morgan fingerprint density at radius 1 is 1.39 bits per heavy atom. The number of nitrogens with two attached hydrogens (primary N) is 1. The highest BCUT2D eigenvalue weighted by molar-refractivity contribution is 5.47. The van der Waals surface area contributed by atoms with Gasteiger partial charge in [-0.1, -0.05) is 26.0 Å².